The zero-order valence-electron chi connectivity index (χ0n) is 15.8. The molecule has 0 radical (unpaired) electrons. The minimum Gasteiger partial charge on any atom is -0.496 e. The maximum absolute atomic E-state index is 13.3. The molecule has 0 saturated heterocycles. The first kappa shape index (κ1) is 19.7. The van der Waals surface area contributed by atoms with Crippen LogP contribution in [-0.4, -0.2) is 30.9 Å². The predicted molar refractivity (Wildman–Crippen MR) is 102 cm³/mol. The zero-order chi connectivity index (χ0) is 18.8. The zero-order valence-corrected chi connectivity index (χ0v) is 16.6. The van der Waals surface area contributed by atoms with Crippen molar-refractivity contribution in [3.05, 3.63) is 54.3 Å². The van der Waals surface area contributed by atoms with E-state index in [4.69, 9.17) is 4.74 Å². The number of benzene rings is 1. The number of hydrogen-bond acceptors (Lipinski definition) is 3. The molecule has 0 saturated carbocycles. The molecule has 25 heavy (non-hydrogen) atoms. The van der Waals surface area contributed by atoms with Crippen molar-refractivity contribution in [2.75, 3.05) is 0 Å². The third kappa shape index (κ3) is 4.33. The fraction of sp³-hybridized carbons (Fsp3) is 0.500. The molecule has 1 aliphatic rings. The highest BCUT2D eigenvalue weighted by Gasteiger charge is 2.40. The maximum atomic E-state index is 13.3. The standard InChI is InChI=1S/C20H29NO3S/c1-7-17-12-18(24-15(4)5)13-20(14(2)3)21(17)25(22,23)19-10-8-16(6)9-11-19/h7-12,14-15,17,20H,1,13H2,2-6H3/t17-,20+/m1/s1. The Morgan fingerprint density at radius 3 is 2.28 bits per heavy atom. The highest BCUT2D eigenvalue weighted by molar-refractivity contribution is 7.89. The van der Waals surface area contributed by atoms with Crippen LogP contribution in [-0.2, 0) is 14.8 Å². The van der Waals surface area contributed by atoms with Crippen molar-refractivity contribution in [1.29, 1.82) is 0 Å². The van der Waals surface area contributed by atoms with E-state index in [0.29, 0.717) is 11.3 Å². The fourth-order valence-corrected chi connectivity index (χ4v) is 4.98. The third-order valence-electron chi connectivity index (χ3n) is 4.38. The molecule has 0 aliphatic carbocycles. The Hall–Kier alpha value is -1.59. The topological polar surface area (TPSA) is 46.6 Å². The quantitative estimate of drug-likeness (QED) is 0.709. The van der Waals surface area contributed by atoms with Gasteiger partial charge >= 0.3 is 0 Å². The first-order valence-corrected chi connectivity index (χ1v) is 10.2. The number of nitrogens with zero attached hydrogens (tertiary/aromatic N) is 1. The summed E-state index contributed by atoms with van der Waals surface area (Å²) in [6.07, 6.45) is 4.18. The van der Waals surface area contributed by atoms with E-state index in [1.807, 2.05) is 52.8 Å². The highest BCUT2D eigenvalue weighted by atomic mass is 32.2. The van der Waals surface area contributed by atoms with Gasteiger partial charge in [0.1, 0.15) is 0 Å². The Bertz CT molecular complexity index is 733. The largest absolute Gasteiger partial charge is 0.496 e. The van der Waals surface area contributed by atoms with E-state index in [0.717, 1.165) is 11.3 Å². The van der Waals surface area contributed by atoms with E-state index in [-0.39, 0.29) is 18.1 Å². The number of rotatable bonds is 6. The van der Waals surface area contributed by atoms with Gasteiger partial charge in [0.2, 0.25) is 10.0 Å². The van der Waals surface area contributed by atoms with Crippen molar-refractivity contribution in [3.63, 3.8) is 0 Å². The van der Waals surface area contributed by atoms with Crippen LogP contribution < -0.4 is 0 Å². The van der Waals surface area contributed by atoms with E-state index >= 15 is 0 Å². The smallest absolute Gasteiger partial charge is 0.244 e. The summed E-state index contributed by atoms with van der Waals surface area (Å²) in [5.74, 6) is 0.996. The lowest BCUT2D eigenvalue weighted by Gasteiger charge is -2.41. The van der Waals surface area contributed by atoms with Crippen molar-refractivity contribution in [3.8, 4) is 0 Å². The summed E-state index contributed by atoms with van der Waals surface area (Å²) in [5.41, 5.74) is 1.03. The van der Waals surface area contributed by atoms with Gasteiger partial charge in [-0.1, -0.05) is 37.6 Å². The number of ether oxygens (including phenoxy) is 1. The summed E-state index contributed by atoms with van der Waals surface area (Å²) >= 11 is 0. The van der Waals surface area contributed by atoms with Crippen LogP contribution in [0.1, 0.15) is 39.7 Å². The lowest BCUT2D eigenvalue weighted by Crippen LogP contribution is -2.50. The molecule has 4 nitrogen and oxygen atoms in total. The second-order valence-electron chi connectivity index (χ2n) is 7.19. The molecular formula is C20H29NO3S. The van der Waals surface area contributed by atoms with Crippen molar-refractivity contribution < 1.29 is 13.2 Å². The number of sulfonamides is 1. The normalized spacial score (nSPS) is 22.1. The van der Waals surface area contributed by atoms with Crippen LogP contribution in [0, 0.1) is 12.8 Å². The Morgan fingerprint density at radius 2 is 1.80 bits per heavy atom. The summed E-state index contributed by atoms with van der Waals surface area (Å²) in [6.45, 7) is 13.8. The van der Waals surface area contributed by atoms with Gasteiger partial charge in [-0.15, -0.1) is 6.58 Å². The van der Waals surface area contributed by atoms with Gasteiger partial charge in [0.15, 0.2) is 0 Å². The highest BCUT2D eigenvalue weighted by Crippen LogP contribution is 2.34. The summed E-state index contributed by atoms with van der Waals surface area (Å²) in [4.78, 5) is 0.317. The average Bonchev–Trinajstić information content (AvgIpc) is 2.53. The molecule has 1 aromatic carbocycles. The van der Waals surface area contributed by atoms with Crippen molar-refractivity contribution in [1.82, 2.24) is 4.31 Å². The van der Waals surface area contributed by atoms with Gasteiger partial charge in [-0.2, -0.15) is 4.31 Å². The molecule has 2 rings (SSSR count). The molecular weight excluding hydrogens is 334 g/mol. The monoisotopic (exact) mass is 363 g/mol. The van der Waals surface area contributed by atoms with Crippen LogP contribution in [0.4, 0.5) is 0 Å². The van der Waals surface area contributed by atoms with E-state index in [1.165, 1.54) is 0 Å². The van der Waals surface area contributed by atoms with Crippen molar-refractivity contribution in [2.24, 2.45) is 5.92 Å². The van der Waals surface area contributed by atoms with Crippen LogP contribution in [0.2, 0.25) is 0 Å². The Balaban J connectivity index is 2.49. The third-order valence-corrected chi connectivity index (χ3v) is 6.32. The maximum Gasteiger partial charge on any atom is 0.244 e. The molecule has 0 unspecified atom stereocenters. The SMILES string of the molecule is C=C[C@@H]1C=C(OC(C)C)C[C@@H](C(C)C)N1S(=O)(=O)c1ccc(C)cc1. The summed E-state index contributed by atoms with van der Waals surface area (Å²) in [7, 11) is -3.62. The Labute approximate surface area is 152 Å². The molecule has 2 atom stereocenters. The molecule has 0 bridgehead atoms. The molecule has 0 fully saturated rings. The molecule has 0 spiro atoms. The minimum atomic E-state index is -3.62. The summed E-state index contributed by atoms with van der Waals surface area (Å²) in [5, 5.41) is 0. The Morgan fingerprint density at radius 1 is 1.20 bits per heavy atom. The van der Waals surface area contributed by atoms with Gasteiger partial charge in [0, 0.05) is 12.5 Å². The van der Waals surface area contributed by atoms with E-state index in [1.54, 1.807) is 22.5 Å². The molecule has 0 aromatic heterocycles. The van der Waals surface area contributed by atoms with Crippen LogP contribution in [0.25, 0.3) is 0 Å². The van der Waals surface area contributed by atoms with Crippen LogP contribution in [0.3, 0.4) is 0 Å². The van der Waals surface area contributed by atoms with Crippen LogP contribution in [0.5, 0.6) is 0 Å². The van der Waals surface area contributed by atoms with Gasteiger partial charge in [-0.25, -0.2) is 8.42 Å². The van der Waals surface area contributed by atoms with Crippen molar-refractivity contribution in [2.45, 2.75) is 64.1 Å². The molecule has 1 heterocycles. The molecule has 0 N–H and O–H groups in total. The molecule has 0 amide bonds. The van der Waals surface area contributed by atoms with E-state index in [9.17, 15) is 8.42 Å². The molecule has 138 valence electrons. The fourth-order valence-electron chi connectivity index (χ4n) is 3.11. The summed E-state index contributed by atoms with van der Waals surface area (Å²) in [6, 6.07) is 6.41. The Kier molecular flexibility index (Phi) is 6.12. The first-order valence-electron chi connectivity index (χ1n) is 8.77. The predicted octanol–water partition coefficient (Wildman–Crippen LogP) is 4.28. The molecule has 5 heteroatoms. The van der Waals surface area contributed by atoms with Gasteiger partial charge in [-0.05, 0) is 44.9 Å². The summed E-state index contributed by atoms with van der Waals surface area (Å²) < 4.78 is 34.1. The second kappa shape index (κ2) is 7.75. The average molecular weight is 364 g/mol. The lowest BCUT2D eigenvalue weighted by molar-refractivity contribution is 0.106. The molecule has 1 aromatic rings. The second-order valence-corrected chi connectivity index (χ2v) is 9.03. The van der Waals surface area contributed by atoms with E-state index in [2.05, 4.69) is 6.58 Å². The number of hydrogen-bond donors (Lipinski definition) is 0. The van der Waals surface area contributed by atoms with Gasteiger partial charge in [0.05, 0.1) is 22.8 Å². The first-order chi connectivity index (χ1) is 11.7. The van der Waals surface area contributed by atoms with Crippen molar-refractivity contribution >= 4 is 10.0 Å². The van der Waals surface area contributed by atoms with Crippen LogP contribution >= 0.6 is 0 Å². The minimum absolute atomic E-state index is 0.0600. The van der Waals surface area contributed by atoms with Gasteiger partial charge in [0.25, 0.3) is 0 Å². The molecule has 1 aliphatic heterocycles. The van der Waals surface area contributed by atoms with Gasteiger partial charge in [-0.3, -0.25) is 0 Å². The lowest BCUT2D eigenvalue weighted by atomic mass is 9.94. The van der Waals surface area contributed by atoms with Crippen LogP contribution in [0.15, 0.2) is 53.7 Å². The van der Waals surface area contributed by atoms with Gasteiger partial charge < -0.3 is 4.74 Å². The number of aryl methyl sites for hydroxylation is 1. The van der Waals surface area contributed by atoms with E-state index < -0.39 is 16.1 Å².